The van der Waals surface area contributed by atoms with Gasteiger partial charge in [-0.25, -0.2) is 4.79 Å². The summed E-state index contributed by atoms with van der Waals surface area (Å²) in [5.41, 5.74) is 1.12. The first kappa shape index (κ1) is 15.6. The summed E-state index contributed by atoms with van der Waals surface area (Å²) >= 11 is 0. The summed E-state index contributed by atoms with van der Waals surface area (Å²) in [6.45, 7) is 1.34. The zero-order valence-corrected chi connectivity index (χ0v) is 13.6. The molecule has 0 unspecified atom stereocenters. The number of carbonyl (C=O) groups excluding carboxylic acids is 2. The molecular formula is C17H23N3O3. The van der Waals surface area contributed by atoms with E-state index in [4.69, 9.17) is 4.74 Å². The molecule has 0 spiro atoms. The SMILES string of the molecule is COc1ccc([C@H]2CCCN2C(=O)N[C@@H]2CC(=O)N(C)C2)cc1. The number of carbonyl (C=O) groups is 2. The molecule has 2 atom stereocenters. The van der Waals surface area contributed by atoms with Gasteiger partial charge in [0, 0.05) is 26.6 Å². The van der Waals surface area contributed by atoms with Gasteiger partial charge in [-0.15, -0.1) is 0 Å². The second-order valence-electron chi connectivity index (χ2n) is 6.25. The largest absolute Gasteiger partial charge is 0.497 e. The number of hydrogen-bond donors (Lipinski definition) is 1. The van der Waals surface area contributed by atoms with Crippen molar-refractivity contribution in [1.29, 1.82) is 0 Å². The van der Waals surface area contributed by atoms with Gasteiger partial charge in [-0.05, 0) is 30.5 Å². The Labute approximate surface area is 136 Å². The van der Waals surface area contributed by atoms with E-state index in [2.05, 4.69) is 5.32 Å². The van der Waals surface area contributed by atoms with E-state index in [1.807, 2.05) is 29.2 Å². The summed E-state index contributed by atoms with van der Waals surface area (Å²) in [6.07, 6.45) is 2.35. The van der Waals surface area contributed by atoms with Crippen LogP contribution in [0.4, 0.5) is 4.79 Å². The average molecular weight is 317 g/mol. The summed E-state index contributed by atoms with van der Waals surface area (Å²) in [5.74, 6) is 0.902. The van der Waals surface area contributed by atoms with Crippen LogP contribution in [0.1, 0.15) is 30.9 Å². The molecule has 2 aliphatic rings. The lowest BCUT2D eigenvalue weighted by Gasteiger charge is -2.27. The number of nitrogens with one attached hydrogen (secondary N) is 1. The lowest BCUT2D eigenvalue weighted by atomic mass is 10.0. The van der Waals surface area contributed by atoms with Crippen LogP contribution in [0.15, 0.2) is 24.3 Å². The summed E-state index contributed by atoms with van der Waals surface area (Å²) in [6, 6.07) is 7.82. The third-order valence-corrected chi connectivity index (χ3v) is 4.68. The van der Waals surface area contributed by atoms with E-state index in [9.17, 15) is 9.59 Å². The number of urea groups is 1. The minimum absolute atomic E-state index is 0.0728. The fourth-order valence-electron chi connectivity index (χ4n) is 3.40. The van der Waals surface area contributed by atoms with Crippen LogP contribution in [0, 0.1) is 0 Å². The van der Waals surface area contributed by atoms with Crippen LogP contribution in [0.3, 0.4) is 0 Å². The topological polar surface area (TPSA) is 61.9 Å². The van der Waals surface area contributed by atoms with E-state index in [1.165, 1.54) is 0 Å². The molecule has 2 heterocycles. The van der Waals surface area contributed by atoms with Crippen LogP contribution in [-0.4, -0.2) is 55.0 Å². The van der Waals surface area contributed by atoms with Crippen molar-refractivity contribution in [1.82, 2.24) is 15.1 Å². The van der Waals surface area contributed by atoms with Crippen LogP contribution in [-0.2, 0) is 4.79 Å². The van der Waals surface area contributed by atoms with Crippen molar-refractivity contribution >= 4 is 11.9 Å². The Hall–Kier alpha value is -2.24. The van der Waals surface area contributed by atoms with Gasteiger partial charge in [0.2, 0.25) is 5.91 Å². The zero-order valence-electron chi connectivity index (χ0n) is 13.6. The maximum absolute atomic E-state index is 12.6. The second kappa shape index (κ2) is 6.48. The second-order valence-corrected chi connectivity index (χ2v) is 6.25. The fourth-order valence-corrected chi connectivity index (χ4v) is 3.40. The van der Waals surface area contributed by atoms with Crippen molar-refractivity contribution in [3.05, 3.63) is 29.8 Å². The monoisotopic (exact) mass is 317 g/mol. The number of hydrogen-bond acceptors (Lipinski definition) is 3. The Morgan fingerprint density at radius 1 is 1.30 bits per heavy atom. The zero-order chi connectivity index (χ0) is 16.4. The van der Waals surface area contributed by atoms with Gasteiger partial charge in [0.1, 0.15) is 5.75 Å². The number of methoxy groups -OCH3 is 1. The Kier molecular flexibility index (Phi) is 4.41. The molecule has 1 N–H and O–H groups in total. The van der Waals surface area contributed by atoms with E-state index in [0.29, 0.717) is 13.0 Å². The molecule has 124 valence electrons. The Balaban J connectivity index is 1.66. The van der Waals surface area contributed by atoms with Gasteiger partial charge in [-0.2, -0.15) is 0 Å². The summed E-state index contributed by atoms with van der Waals surface area (Å²) in [5, 5.41) is 3.00. The van der Waals surface area contributed by atoms with Gasteiger partial charge >= 0.3 is 6.03 Å². The molecular weight excluding hydrogens is 294 g/mol. The molecule has 0 aliphatic carbocycles. The summed E-state index contributed by atoms with van der Waals surface area (Å²) < 4.78 is 5.19. The van der Waals surface area contributed by atoms with Crippen LogP contribution >= 0.6 is 0 Å². The standard InChI is InChI=1S/C17H23N3O3/c1-19-11-13(10-16(19)21)18-17(22)20-9-3-4-15(20)12-5-7-14(23-2)8-6-12/h5-8,13,15H,3-4,9-11H2,1-2H3,(H,18,22)/t13-,15-/m1/s1. The van der Waals surface area contributed by atoms with Crippen LogP contribution in [0.25, 0.3) is 0 Å². The van der Waals surface area contributed by atoms with Gasteiger partial charge in [0.25, 0.3) is 0 Å². The molecule has 23 heavy (non-hydrogen) atoms. The van der Waals surface area contributed by atoms with Crippen LogP contribution in [0.2, 0.25) is 0 Å². The maximum atomic E-state index is 12.6. The van der Waals surface area contributed by atoms with E-state index < -0.39 is 0 Å². The molecule has 2 saturated heterocycles. The predicted molar refractivity (Wildman–Crippen MR) is 86.2 cm³/mol. The number of rotatable bonds is 3. The highest BCUT2D eigenvalue weighted by molar-refractivity contribution is 5.81. The van der Waals surface area contributed by atoms with Crippen LogP contribution < -0.4 is 10.1 Å². The van der Waals surface area contributed by atoms with Crippen molar-refractivity contribution in [3.8, 4) is 5.75 Å². The molecule has 2 aliphatic heterocycles. The average Bonchev–Trinajstić information content (AvgIpc) is 3.15. The number of ether oxygens (including phenoxy) is 1. The van der Waals surface area contributed by atoms with Gasteiger partial charge in [0.05, 0.1) is 19.2 Å². The Bertz CT molecular complexity index is 587. The molecule has 1 aromatic rings. The minimum atomic E-state index is -0.0860. The number of benzene rings is 1. The fraction of sp³-hybridized carbons (Fsp3) is 0.529. The first-order valence-electron chi connectivity index (χ1n) is 8.03. The first-order chi connectivity index (χ1) is 11.1. The lowest BCUT2D eigenvalue weighted by molar-refractivity contribution is -0.126. The number of likely N-dealkylation sites (tertiary alicyclic amines) is 2. The van der Waals surface area contributed by atoms with Crippen molar-refractivity contribution in [2.75, 3.05) is 27.2 Å². The molecule has 0 saturated carbocycles. The summed E-state index contributed by atoms with van der Waals surface area (Å²) in [7, 11) is 3.41. The first-order valence-corrected chi connectivity index (χ1v) is 8.03. The van der Waals surface area contributed by atoms with Crippen molar-refractivity contribution in [2.24, 2.45) is 0 Å². The lowest BCUT2D eigenvalue weighted by Crippen LogP contribution is -2.45. The molecule has 1 aromatic carbocycles. The van der Waals surface area contributed by atoms with Crippen LogP contribution in [0.5, 0.6) is 5.75 Å². The van der Waals surface area contributed by atoms with E-state index in [1.54, 1.807) is 19.1 Å². The number of nitrogens with zero attached hydrogens (tertiary/aromatic N) is 2. The smallest absolute Gasteiger partial charge is 0.318 e. The van der Waals surface area contributed by atoms with Gasteiger partial charge in [-0.1, -0.05) is 12.1 Å². The quantitative estimate of drug-likeness (QED) is 0.924. The highest BCUT2D eigenvalue weighted by Crippen LogP contribution is 2.32. The maximum Gasteiger partial charge on any atom is 0.318 e. The number of amides is 3. The van der Waals surface area contributed by atoms with E-state index in [-0.39, 0.29) is 24.0 Å². The van der Waals surface area contributed by atoms with Gasteiger partial charge < -0.3 is 19.9 Å². The van der Waals surface area contributed by atoms with Gasteiger partial charge in [-0.3, -0.25) is 4.79 Å². The molecule has 3 amide bonds. The molecule has 6 heteroatoms. The third-order valence-electron chi connectivity index (χ3n) is 4.68. The Morgan fingerprint density at radius 3 is 2.65 bits per heavy atom. The van der Waals surface area contributed by atoms with Crippen molar-refractivity contribution in [2.45, 2.75) is 31.3 Å². The number of likely N-dealkylation sites (N-methyl/N-ethyl adjacent to an activating group) is 1. The minimum Gasteiger partial charge on any atom is -0.497 e. The molecule has 2 fully saturated rings. The predicted octanol–water partition coefficient (Wildman–Crippen LogP) is 1.77. The summed E-state index contributed by atoms with van der Waals surface area (Å²) in [4.78, 5) is 27.7. The van der Waals surface area contributed by atoms with Gasteiger partial charge in [0.15, 0.2) is 0 Å². The normalized spacial score (nSPS) is 24.2. The van der Waals surface area contributed by atoms with Crippen molar-refractivity contribution < 1.29 is 14.3 Å². The van der Waals surface area contributed by atoms with E-state index in [0.717, 1.165) is 30.7 Å². The molecule has 0 aromatic heterocycles. The molecule has 6 nitrogen and oxygen atoms in total. The molecule has 3 rings (SSSR count). The van der Waals surface area contributed by atoms with Crippen molar-refractivity contribution in [3.63, 3.8) is 0 Å². The van der Waals surface area contributed by atoms with E-state index >= 15 is 0 Å². The molecule has 0 bridgehead atoms. The third kappa shape index (κ3) is 3.25. The Morgan fingerprint density at radius 2 is 2.04 bits per heavy atom. The highest BCUT2D eigenvalue weighted by atomic mass is 16.5. The highest BCUT2D eigenvalue weighted by Gasteiger charge is 2.33. The molecule has 0 radical (unpaired) electrons.